The number of benzene rings is 3. The van der Waals surface area contributed by atoms with Gasteiger partial charge in [0.15, 0.2) is 0 Å². The number of anilines is 1. The molecule has 0 saturated carbocycles. The summed E-state index contributed by atoms with van der Waals surface area (Å²) in [6.45, 7) is 0. The van der Waals surface area contributed by atoms with Crippen LogP contribution in [0.25, 0.3) is 21.5 Å². The van der Waals surface area contributed by atoms with Crippen molar-refractivity contribution in [3.05, 3.63) is 53.0 Å². The van der Waals surface area contributed by atoms with Crippen LogP contribution in [0.3, 0.4) is 0 Å². The van der Waals surface area contributed by atoms with Gasteiger partial charge in [0.1, 0.15) is 0 Å². The summed E-state index contributed by atoms with van der Waals surface area (Å²) in [5, 5.41) is 4.71. The molecule has 0 heterocycles. The lowest BCUT2D eigenvalue weighted by atomic mass is 10.0. The van der Waals surface area contributed by atoms with Gasteiger partial charge in [-0.05, 0) is 32.1 Å². The van der Waals surface area contributed by atoms with E-state index >= 15 is 0 Å². The van der Waals surface area contributed by atoms with Gasteiger partial charge >= 0.3 is 0 Å². The van der Waals surface area contributed by atoms with Crippen LogP contribution in [0.5, 0.6) is 0 Å². The van der Waals surface area contributed by atoms with Gasteiger partial charge in [-0.25, -0.2) is 0 Å². The molecule has 1 nitrogen and oxygen atoms in total. The first-order valence-corrected chi connectivity index (χ1v) is 5.93. The highest BCUT2D eigenvalue weighted by atomic mass is 79.9. The second kappa shape index (κ2) is 3.49. The number of rotatable bonds is 0. The maximum absolute atomic E-state index is 6.14. The SMILES string of the molecule is Nc1c(Br)c2ccccc2c2ccccc12. The molecule has 0 aliphatic carbocycles. The highest BCUT2D eigenvalue weighted by Gasteiger charge is 2.08. The van der Waals surface area contributed by atoms with Gasteiger partial charge in [-0.3, -0.25) is 0 Å². The standard InChI is InChI=1S/C14H10BrN/c15-13-11-7-3-1-5-9(11)10-6-2-4-8-12(10)14(13)16/h1-8H,16H2. The fraction of sp³-hybridized carbons (Fsp3) is 0. The predicted molar refractivity (Wildman–Crippen MR) is 73.6 cm³/mol. The Balaban J connectivity index is 2.69. The normalized spacial score (nSPS) is 11.1. The van der Waals surface area contributed by atoms with Crippen LogP contribution in [-0.4, -0.2) is 0 Å². The molecule has 0 spiro atoms. The smallest absolute Gasteiger partial charge is 0.0544 e. The van der Waals surface area contributed by atoms with Crippen molar-refractivity contribution in [2.24, 2.45) is 0 Å². The lowest BCUT2D eigenvalue weighted by molar-refractivity contribution is 1.72. The van der Waals surface area contributed by atoms with Crippen LogP contribution in [0.2, 0.25) is 0 Å². The summed E-state index contributed by atoms with van der Waals surface area (Å²) >= 11 is 3.58. The molecule has 0 atom stereocenters. The summed E-state index contributed by atoms with van der Waals surface area (Å²) in [7, 11) is 0. The van der Waals surface area contributed by atoms with E-state index in [-0.39, 0.29) is 0 Å². The number of halogens is 1. The average molecular weight is 272 g/mol. The summed E-state index contributed by atoms with van der Waals surface area (Å²) in [6, 6.07) is 16.5. The van der Waals surface area contributed by atoms with E-state index in [1.807, 2.05) is 18.2 Å². The number of nitrogens with two attached hydrogens (primary N) is 1. The third-order valence-electron chi connectivity index (χ3n) is 2.91. The van der Waals surface area contributed by atoms with Crippen molar-refractivity contribution >= 4 is 43.2 Å². The second-order valence-electron chi connectivity index (χ2n) is 3.82. The van der Waals surface area contributed by atoms with E-state index in [9.17, 15) is 0 Å². The quantitative estimate of drug-likeness (QED) is 0.478. The molecular formula is C14H10BrN. The van der Waals surface area contributed by atoms with Crippen molar-refractivity contribution in [1.82, 2.24) is 0 Å². The fourth-order valence-corrected chi connectivity index (χ4v) is 2.68. The van der Waals surface area contributed by atoms with Crippen molar-refractivity contribution < 1.29 is 0 Å². The molecule has 16 heavy (non-hydrogen) atoms. The zero-order valence-electron chi connectivity index (χ0n) is 8.57. The van der Waals surface area contributed by atoms with Gasteiger partial charge in [-0.2, -0.15) is 0 Å². The monoisotopic (exact) mass is 271 g/mol. The fourth-order valence-electron chi connectivity index (χ4n) is 2.13. The van der Waals surface area contributed by atoms with E-state index in [0.717, 1.165) is 15.5 Å². The molecule has 0 amide bonds. The lowest BCUT2D eigenvalue weighted by Gasteiger charge is -2.09. The molecule has 78 valence electrons. The zero-order chi connectivity index (χ0) is 11.1. The minimum Gasteiger partial charge on any atom is -0.397 e. The Kier molecular flexibility index (Phi) is 2.11. The van der Waals surface area contributed by atoms with Crippen LogP contribution in [0, 0.1) is 0 Å². The summed E-state index contributed by atoms with van der Waals surface area (Å²) in [6.07, 6.45) is 0. The molecule has 0 saturated heterocycles. The van der Waals surface area contributed by atoms with Gasteiger partial charge in [0, 0.05) is 9.86 Å². The van der Waals surface area contributed by atoms with E-state index in [1.165, 1.54) is 16.2 Å². The highest BCUT2D eigenvalue weighted by molar-refractivity contribution is 9.10. The third-order valence-corrected chi connectivity index (χ3v) is 3.76. The maximum atomic E-state index is 6.14. The number of hydrogen-bond acceptors (Lipinski definition) is 1. The second-order valence-corrected chi connectivity index (χ2v) is 4.61. The predicted octanol–water partition coefficient (Wildman–Crippen LogP) is 4.34. The van der Waals surface area contributed by atoms with E-state index in [4.69, 9.17) is 5.73 Å². The summed E-state index contributed by atoms with van der Waals surface area (Å²) in [5.74, 6) is 0. The lowest BCUT2D eigenvalue weighted by Crippen LogP contribution is -1.90. The minimum atomic E-state index is 0.814. The Bertz CT molecular complexity index is 628. The first-order valence-electron chi connectivity index (χ1n) is 5.13. The van der Waals surface area contributed by atoms with Crippen molar-refractivity contribution in [2.75, 3.05) is 5.73 Å². The van der Waals surface area contributed by atoms with Crippen LogP contribution in [0.4, 0.5) is 5.69 Å². The molecule has 0 aliphatic rings. The average Bonchev–Trinajstić information content (AvgIpc) is 2.36. The molecular weight excluding hydrogens is 262 g/mol. The number of hydrogen-bond donors (Lipinski definition) is 1. The summed E-state index contributed by atoms with van der Waals surface area (Å²) in [5.41, 5.74) is 6.95. The molecule has 3 aromatic rings. The Morgan fingerprint density at radius 3 is 1.75 bits per heavy atom. The Morgan fingerprint density at radius 2 is 1.12 bits per heavy atom. The third kappa shape index (κ3) is 1.23. The molecule has 0 aliphatic heterocycles. The molecule has 0 aromatic heterocycles. The van der Waals surface area contributed by atoms with Crippen LogP contribution in [0.1, 0.15) is 0 Å². The van der Waals surface area contributed by atoms with E-state index in [0.29, 0.717) is 0 Å². The van der Waals surface area contributed by atoms with E-state index < -0.39 is 0 Å². The molecule has 0 unspecified atom stereocenters. The highest BCUT2D eigenvalue weighted by Crippen LogP contribution is 2.37. The van der Waals surface area contributed by atoms with Gasteiger partial charge in [0.2, 0.25) is 0 Å². The molecule has 0 fully saturated rings. The Morgan fingerprint density at radius 1 is 0.688 bits per heavy atom. The first-order chi connectivity index (χ1) is 7.79. The molecule has 2 N–H and O–H groups in total. The van der Waals surface area contributed by atoms with Crippen molar-refractivity contribution in [3.63, 3.8) is 0 Å². The summed E-state index contributed by atoms with van der Waals surface area (Å²) in [4.78, 5) is 0. The van der Waals surface area contributed by atoms with Crippen molar-refractivity contribution in [1.29, 1.82) is 0 Å². The Labute approximate surface area is 102 Å². The van der Waals surface area contributed by atoms with E-state index in [2.05, 4.69) is 46.3 Å². The summed E-state index contributed by atoms with van der Waals surface area (Å²) < 4.78 is 0.988. The minimum absolute atomic E-state index is 0.814. The first kappa shape index (κ1) is 9.67. The molecule has 3 aromatic carbocycles. The number of nitrogen functional groups attached to an aromatic ring is 1. The van der Waals surface area contributed by atoms with Gasteiger partial charge in [0.05, 0.1) is 5.69 Å². The van der Waals surface area contributed by atoms with Crippen LogP contribution in [-0.2, 0) is 0 Å². The molecule has 2 heteroatoms. The number of fused-ring (bicyclic) bond motifs is 3. The van der Waals surface area contributed by atoms with Gasteiger partial charge in [0.25, 0.3) is 0 Å². The van der Waals surface area contributed by atoms with Crippen LogP contribution >= 0.6 is 15.9 Å². The molecule has 0 bridgehead atoms. The van der Waals surface area contributed by atoms with Gasteiger partial charge in [-0.1, -0.05) is 48.5 Å². The zero-order valence-corrected chi connectivity index (χ0v) is 10.2. The van der Waals surface area contributed by atoms with Crippen LogP contribution in [0.15, 0.2) is 53.0 Å². The van der Waals surface area contributed by atoms with Gasteiger partial charge < -0.3 is 5.73 Å². The maximum Gasteiger partial charge on any atom is 0.0544 e. The molecule has 3 rings (SSSR count). The largest absolute Gasteiger partial charge is 0.397 e. The molecule has 0 radical (unpaired) electrons. The van der Waals surface area contributed by atoms with E-state index in [1.54, 1.807) is 0 Å². The topological polar surface area (TPSA) is 26.0 Å². The van der Waals surface area contributed by atoms with Gasteiger partial charge in [-0.15, -0.1) is 0 Å². The van der Waals surface area contributed by atoms with Crippen LogP contribution < -0.4 is 5.73 Å². The Hall–Kier alpha value is -1.54. The van der Waals surface area contributed by atoms with Crippen molar-refractivity contribution in [2.45, 2.75) is 0 Å². The van der Waals surface area contributed by atoms with Crippen molar-refractivity contribution in [3.8, 4) is 0 Å².